The van der Waals surface area contributed by atoms with Crippen molar-refractivity contribution in [3.8, 4) is 5.75 Å². The van der Waals surface area contributed by atoms with Crippen molar-refractivity contribution in [2.24, 2.45) is 10.1 Å². The fourth-order valence-corrected chi connectivity index (χ4v) is 2.29. The fourth-order valence-electron chi connectivity index (χ4n) is 1.35. The van der Waals surface area contributed by atoms with Crippen molar-refractivity contribution in [2.75, 3.05) is 6.61 Å². The number of aryl methyl sites for hydroxylation is 1. The lowest BCUT2D eigenvalue weighted by atomic mass is 10.2. The molecule has 0 aromatic heterocycles. The zero-order valence-electron chi connectivity index (χ0n) is 9.25. The summed E-state index contributed by atoms with van der Waals surface area (Å²) >= 11 is 0. The summed E-state index contributed by atoms with van der Waals surface area (Å²) in [6.07, 6.45) is 1.13. The molecule has 17 heavy (non-hydrogen) atoms. The van der Waals surface area contributed by atoms with Crippen LogP contribution in [0.15, 0.2) is 39.3 Å². The van der Waals surface area contributed by atoms with Crippen LogP contribution in [0.4, 0.5) is 0 Å². The van der Waals surface area contributed by atoms with Gasteiger partial charge in [0.2, 0.25) is 0 Å². The van der Waals surface area contributed by atoms with Crippen LogP contribution in [-0.4, -0.2) is 21.2 Å². The molecule has 0 bridgehead atoms. The van der Waals surface area contributed by atoms with E-state index in [1.165, 1.54) is 0 Å². The molecule has 0 aliphatic carbocycles. The summed E-state index contributed by atoms with van der Waals surface area (Å²) < 4.78 is 31.5. The second-order valence-electron chi connectivity index (χ2n) is 3.69. The zero-order valence-corrected chi connectivity index (χ0v) is 10.1. The van der Waals surface area contributed by atoms with Gasteiger partial charge < -0.3 is 10.5 Å². The Bertz CT molecular complexity index is 586. The SMILES string of the molecule is Cc1ccc(OCC2=C(N)C=NS2(=O)=O)cc1. The molecule has 90 valence electrons. The summed E-state index contributed by atoms with van der Waals surface area (Å²) in [7, 11) is -3.62. The summed E-state index contributed by atoms with van der Waals surface area (Å²) in [4.78, 5) is 0.0121. The number of ether oxygens (including phenoxy) is 1. The topological polar surface area (TPSA) is 81.8 Å². The number of rotatable bonds is 3. The average Bonchev–Trinajstić information content (AvgIpc) is 2.53. The lowest BCUT2D eigenvalue weighted by molar-refractivity contribution is 0.357. The molecule has 0 saturated heterocycles. The molecule has 2 N–H and O–H groups in total. The van der Waals surface area contributed by atoms with Gasteiger partial charge in [0.05, 0.1) is 11.9 Å². The van der Waals surface area contributed by atoms with Crippen molar-refractivity contribution < 1.29 is 13.2 Å². The molecule has 1 aliphatic heterocycles. The van der Waals surface area contributed by atoms with Gasteiger partial charge in [-0.05, 0) is 19.1 Å². The predicted octanol–water partition coefficient (Wildman–Crippen LogP) is 0.958. The maximum absolute atomic E-state index is 11.4. The van der Waals surface area contributed by atoms with Gasteiger partial charge in [0.15, 0.2) is 0 Å². The summed E-state index contributed by atoms with van der Waals surface area (Å²) in [5.74, 6) is 0.595. The van der Waals surface area contributed by atoms with Crippen LogP contribution < -0.4 is 10.5 Å². The van der Waals surface area contributed by atoms with Gasteiger partial charge in [-0.25, -0.2) is 0 Å². The van der Waals surface area contributed by atoms with E-state index in [1.807, 2.05) is 19.1 Å². The molecule has 1 aliphatic rings. The summed E-state index contributed by atoms with van der Waals surface area (Å²) in [5.41, 5.74) is 6.75. The summed E-state index contributed by atoms with van der Waals surface area (Å²) in [6, 6.07) is 7.31. The minimum atomic E-state index is -3.62. The summed E-state index contributed by atoms with van der Waals surface area (Å²) in [6.45, 7) is 1.86. The minimum absolute atomic E-state index is 0.0121. The van der Waals surface area contributed by atoms with Crippen LogP contribution >= 0.6 is 0 Å². The molecule has 0 saturated carbocycles. The van der Waals surface area contributed by atoms with E-state index in [0.29, 0.717) is 5.75 Å². The van der Waals surface area contributed by atoms with Crippen LogP contribution in [0.3, 0.4) is 0 Å². The third-order valence-electron chi connectivity index (χ3n) is 2.35. The number of nitrogens with two attached hydrogens (primary N) is 1. The highest BCUT2D eigenvalue weighted by Gasteiger charge is 2.24. The van der Waals surface area contributed by atoms with E-state index in [9.17, 15) is 8.42 Å². The number of hydrogen-bond acceptors (Lipinski definition) is 4. The number of sulfonamides is 1. The molecule has 0 atom stereocenters. The molecule has 5 nitrogen and oxygen atoms in total. The Kier molecular flexibility index (Phi) is 2.89. The van der Waals surface area contributed by atoms with E-state index in [0.717, 1.165) is 11.8 Å². The molecule has 0 amide bonds. The minimum Gasteiger partial charge on any atom is -0.488 e. The summed E-state index contributed by atoms with van der Waals surface area (Å²) in [5, 5.41) is 0. The maximum atomic E-state index is 11.4. The molecule has 6 heteroatoms. The maximum Gasteiger partial charge on any atom is 0.284 e. The van der Waals surface area contributed by atoms with Gasteiger partial charge in [-0.15, -0.1) is 0 Å². The van der Waals surface area contributed by atoms with Crippen molar-refractivity contribution in [2.45, 2.75) is 6.92 Å². The van der Waals surface area contributed by atoms with Crippen LogP contribution in [0.5, 0.6) is 5.75 Å². The Labute approximate surface area is 99.7 Å². The molecule has 0 fully saturated rings. The van der Waals surface area contributed by atoms with E-state index in [-0.39, 0.29) is 17.2 Å². The van der Waals surface area contributed by atoms with Crippen molar-refractivity contribution in [3.63, 3.8) is 0 Å². The highest BCUT2D eigenvalue weighted by molar-refractivity contribution is 7.94. The van der Waals surface area contributed by atoms with Gasteiger partial charge in [-0.1, -0.05) is 17.7 Å². The predicted molar refractivity (Wildman–Crippen MR) is 65.3 cm³/mol. The van der Waals surface area contributed by atoms with Gasteiger partial charge in [0.1, 0.15) is 17.3 Å². The lowest BCUT2D eigenvalue weighted by Gasteiger charge is -2.07. The van der Waals surface area contributed by atoms with Crippen LogP contribution in [0.25, 0.3) is 0 Å². The first-order valence-electron chi connectivity index (χ1n) is 4.97. The monoisotopic (exact) mass is 252 g/mol. The van der Waals surface area contributed by atoms with Crippen molar-refractivity contribution in [1.29, 1.82) is 0 Å². The van der Waals surface area contributed by atoms with E-state index in [1.54, 1.807) is 12.1 Å². The molecule has 1 aromatic rings. The second-order valence-corrected chi connectivity index (χ2v) is 5.34. The third-order valence-corrected chi connectivity index (χ3v) is 3.71. The van der Waals surface area contributed by atoms with Gasteiger partial charge in [-0.3, -0.25) is 0 Å². The Balaban J connectivity index is 2.10. The molecule has 0 radical (unpaired) electrons. The first kappa shape index (κ1) is 11.7. The molecule has 0 spiro atoms. The molecular formula is C11H12N2O3S. The fraction of sp³-hybridized carbons (Fsp3) is 0.182. The zero-order chi connectivity index (χ0) is 12.5. The third kappa shape index (κ3) is 2.47. The Morgan fingerprint density at radius 1 is 1.29 bits per heavy atom. The number of allylic oxidation sites excluding steroid dienone is 1. The van der Waals surface area contributed by atoms with Gasteiger partial charge in [0.25, 0.3) is 10.0 Å². The highest BCUT2D eigenvalue weighted by atomic mass is 32.2. The second kappa shape index (κ2) is 4.21. The molecular weight excluding hydrogens is 240 g/mol. The standard InChI is InChI=1S/C11H12N2O3S/c1-8-2-4-9(5-3-8)16-7-11-10(12)6-13-17(11,14)15/h2-6H,7,12H2,1H3. The van der Waals surface area contributed by atoms with Crippen molar-refractivity contribution in [3.05, 3.63) is 40.4 Å². The Morgan fingerprint density at radius 3 is 2.47 bits per heavy atom. The molecule has 1 heterocycles. The molecule has 1 aromatic carbocycles. The van der Waals surface area contributed by atoms with E-state index < -0.39 is 10.0 Å². The van der Waals surface area contributed by atoms with Crippen molar-refractivity contribution >= 4 is 16.2 Å². The Morgan fingerprint density at radius 2 is 1.94 bits per heavy atom. The van der Waals surface area contributed by atoms with E-state index in [2.05, 4.69) is 4.40 Å². The molecule has 2 rings (SSSR count). The van der Waals surface area contributed by atoms with E-state index >= 15 is 0 Å². The Hall–Kier alpha value is -1.82. The largest absolute Gasteiger partial charge is 0.488 e. The number of benzene rings is 1. The smallest absolute Gasteiger partial charge is 0.284 e. The number of nitrogens with zero attached hydrogens (tertiary/aromatic N) is 1. The van der Waals surface area contributed by atoms with Gasteiger partial charge in [0, 0.05) is 0 Å². The highest BCUT2D eigenvalue weighted by Crippen LogP contribution is 2.19. The molecule has 0 unspecified atom stereocenters. The lowest BCUT2D eigenvalue weighted by Crippen LogP contribution is -2.12. The quantitative estimate of drug-likeness (QED) is 0.868. The van der Waals surface area contributed by atoms with Gasteiger partial charge >= 0.3 is 0 Å². The van der Waals surface area contributed by atoms with Crippen LogP contribution in [0.2, 0.25) is 0 Å². The van der Waals surface area contributed by atoms with Crippen LogP contribution in [0.1, 0.15) is 5.56 Å². The van der Waals surface area contributed by atoms with Gasteiger partial charge in [-0.2, -0.15) is 12.8 Å². The first-order chi connectivity index (χ1) is 7.99. The number of hydrogen-bond donors (Lipinski definition) is 1. The average molecular weight is 252 g/mol. The van der Waals surface area contributed by atoms with Crippen molar-refractivity contribution in [1.82, 2.24) is 0 Å². The van der Waals surface area contributed by atoms with E-state index in [4.69, 9.17) is 10.5 Å². The van der Waals surface area contributed by atoms with Crippen LogP contribution in [-0.2, 0) is 10.0 Å². The normalized spacial score (nSPS) is 17.5. The first-order valence-corrected chi connectivity index (χ1v) is 6.41. The van der Waals surface area contributed by atoms with Crippen LogP contribution in [0, 0.1) is 6.92 Å².